The van der Waals surface area contributed by atoms with Crippen LogP contribution in [0.5, 0.6) is 0 Å². The Bertz CT molecular complexity index is 495. The predicted molar refractivity (Wildman–Crippen MR) is 56.3 cm³/mol. The number of hydrogen-bond donors (Lipinski definition) is 0. The molecule has 0 spiro atoms. The van der Waals surface area contributed by atoms with Gasteiger partial charge >= 0.3 is 4.87 Å². The van der Waals surface area contributed by atoms with E-state index in [1.807, 2.05) is 24.3 Å². The number of aromatic nitrogens is 1. The van der Waals surface area contributed by atoms with Crippen LogP contribution in [0.2, 0.25) is 0 Å². The fourth-order valence-corrected chi connectivity index (χ4v) is 2.22. The molecule has 0 saturated heterocycles. The molecule has 1 aromatic carbocycles. The molecule has 0 N–H and O–H groups in total. The Morgan fingerprint density at radius 2 is 2.23 bits per heavy atom. The maximum atomic E-state index is 11.5. The third-order valence-corrected chi connectivity index (χ3v) is 2.85. The number of benzene rings is 1. The summed E-state index contributed by atoms with van der Waals surface area (Å²) in [4.78, 5) is 11.5. The molecule has 2 rings (SSSR count). The van der Waals surface area contributed by atoms with E-state index < -0.39 is 0 Å². The van der Waals surface area contributed by atoms with Crippen LogP contribution in [0.25, 0.3) is 10.2 Å². The number of nitrogens with zero attached hydrogens (tertiary/aromatic N) is 1. The topological polar surface area (TPSA) is 22.0 Å². The minimum Gasteiger partial charge on any atom is -0.295 e. The summed E-state index contributed by atoms with van der Waals surface area (Å²) in [7, 11) is 0. The van der Waals surface area contributed by atoms with Gasteiger partial charge in [-0.3, -0.25) is 9.36 Å². The number of para-hydroxylation sites is 1. The summed E-state index contributed by atoms with van der Waals surface area (Å²) in [6.45, 7) is 4.21. The molecule has 0 amide bonds. The molecule has 66 valence electrons. The molecule has 0 unspecified atom stereocenters. The van der Waals surface area contributed by atoms with Crippen LogP contribution < -0.4 is 4.87 Å². The van der Waals surface area contributed by atoms with Gasteiger partial charge < -0.3 is 0 Å². The molecule has 0 bridgehead atoms. The van der Waals surface area contributed by atoms with E-state index in [2.05, 4.69) is 6.58 Å². The number of allylic oxidation sites excluding steroid dienone is 1. The first kappa shape index (κ1) is 8.26. The van der Waals surface area contributed by atoms with Crippen LogP contribution >= 0.6 is 11.3 Å². The van der Waals surface area contributed by atoms with E-state index in [0.717, 1.165) is 10.2 Å². The van der Waals surface area contributed by atoms with Gasteiger partial charge in [-0.2, -0.15) is 0 Å². The summed E-state index contributed by atoms with van der Waals surface area (Å²) in [6.07, 6.45) is 1.74. The highest BCUT2D eigenvalue weighted by Gasteiger charge is 2.03. The average molecular weight is 191 g/mol. The van der Waals surface area contributed by atoms with Crippen molar-refractivity contribution in [2.75, 3.05) is 0 Å². The maximum absolute atomic E-state index is 11.5. The first-order valence-electron chi connectivity index (χ1n) is 4.02. The lowest BCUT2D eigenvalue weighted by Gasteiger charge is -1.96. The van der Waals surface area contributed by atoms with Crippen molar-refractivity contribution < 1.29 is 0 Å². The molecule has 3 heteroatoms. The predicted octanol–water partition coefficient (Wildman–Crippen LogP) is 2.25. The van der Waals surface area contributed by atoms with Crippen LogP contribution in [0.4, 0.5) is 0 Å². The van der Waals surface area contributed by atoms with Crippen molar-refractivity contribution in [1.82, 2.24) is 4.57 Å². The monoisotopic (exact) mass is 191 g/mol. The molecule has 2 aromatic rings. The van der Waals surface area contributed by atoms with Gasteiger partial charge in [0.25, 0.3) is 0 Å². The third-order valence-electron chi connectivity index (χ3n) is 1.89. The van der Waals surface area contributed by atoms with Crippen molar-refractivity contribution in [1.29, 1.82) is 0 Å². The molecule has 0 radical (unpaired) electrons. The van der Waals surface area contributed by atoms with E-state index in [-0.39, 0.29) is 4.87 Å². The van der Waals surface area contributed by atoms with E-state index in [1.54, 1.807) is 10.6 Å². The molecule has 0 aliphatic rings. The Morgan fingerprint density at radius 3 is 3.00 bits per heavy atom. The first-order valence-corrected chi connectivity index (χ1v) is 4.84. The Hall–Kier alpha value is -1.35. The fraction of sp³-hybridized carbons (Fsp3) is 0.100. The summed E-state index contributed by atoms with van der Waals surface area (Å²) in [5.74, 6) is 0. The van der Waals surface area contributed by atoms with Gasteiger partial charge in [0, 0.05) is 6.54 Å². The van der Waals surface area contributed by atoms with E-state index >= 15 is 0 Å². The highest BCUT2D eigenvalue weighted by atomic mass is 32.1. The van der Waals surface area contributed by atoms with Crippen molar-refractivity contribution in [3.63, 3.8) is 0 Å². The van der Waals surface area contributed by atoms with Crippen LogP contribution in [-0.2, 0) is 6.54 Å². The zero-order chi connectivity index (χ0) is 9.26. The highest BCUT2D eigenvalue weighted by Crippen LogP contribution is 2.15. The Labute approximate surface area is 79.7 Å². The van der Waals surface area contributed by atoms with Crippen LogP contribution in [-0.4, -0.2) is 4.57 Å². The van der Waals surface area contributed by atoms with E-state index in [0.29, 0.717) is 6.54 Å². The van der Waals surface area contributed by atoms with Crippen molar-refractivity contribution in [3.8, 4) is 0 Å². The largest absolute Gasteiger partial charge is 0.308 e. The van der Waals surface area contributed by atoms with Crippen molar-refractivity contribution in [2.45, 2.75) is 6.54 Å². The second-order valence-corrected chi connectivity index (χ2v) is 3.73. The second-order valence-electron chi connectivity index (χ2n) is 2.73. The van der Waals surface area contributed by atoms with Crippen LogP contribution in [0.15, 0.2) is 41.7 Å². The summed E-state index contributed by atoms with van der Waals surface area (Å²) < 4.78 is 2.77. The molecular formula is C10H9NOS. The number of rotatable bonds is 2. The average Bonchev–Trinajstić information content (AvgIpc) is 2.44. The molecule has 2 nitrogen and oxygen atoms in total. The fourth-order valence-electron chi connectivity index (χ4n) is 1.32. The zero-order valence-corrected chi connectivity index (χ0v) is 7.88. The van der Waals surface area contributed by atoms with Crippen molar-refractivity contribution in [3.05, 3.63) is 46.6 Å². The van der Waals surface area contributed by atoms with E-state index in [4.69, 9.17) is 0 Å². The second kappa shape index (κ2) is 3.18. The quantitative estimate of drug-likeness (QED) is 0.667. The van der Waals surface area contributed by atoms with Crippen molar-refractivity contribution >= 4 is 21.6 Å². The third kappa shape index (κ3) is 1.31. The number of fused-ring (bicyclic) bond motifs is 1. The molecule has 1 aromatic heterocycles. The SMILES string of the molecule is C=CCn1c(=O)sc2ccccc21. The van der Waals surface area contributed by atoms with E-state index in [9.17, 15) is 4.79 Å². The van der Waals surface area contributed by atoms with Gasteiger partial charge in [-0.25, -0.2) is 0 Å². The first-order chi connectivity index (χ1) is 6.33. The van der Waals surface area contributed by atoms with Gasteiger partial charge in [0.05, 0.1) is 10.2 Å². The molecule has 0 fully saturated rings. The van der Waals surface area contributed by atoms with Crippen LogP contribution in [0.3, 0.4) is 0 Å². The van der Waals surface area contributed by atoms with E-state index in [1.165, 1.54) is 11.3 Å². The Morgan fingerprint density at radius 1 is 1.46 bits per heavy atom. The number of thiazole rings is 1. The summed E-state index contributed by atoms with van der Waals surface area (Å²) in [6, 6.07) is 7.79. The van der Waals surface area contributed by atoms with Gasteiger partial charge in [0.2, 0.25) is 0 Å². The lowest BCUT2D eigenvalue weighted by atomic mass is 10.3. The smallest absolute Gasteiger partial charge is 0.295 e. The Balaban J connectivity index is 2.78. The molecule has 0 aliphatic heterocycles. The Kier molecular flexibility index (Phi) is 2.02. The van der Waals surface area contributed by atoms with Gasteiger partial charge in [0.1, 0.15) is 0 Å². The minimum absolute atomic E-state index is 0.0844. The van der Waals surface area contributed by atoms with Crippen LogP contribution in [0.1, 0.15) is 0 Å². The molecule has 13 heavy (non-hydrogen) atoms. The maximum Gasteiger partial charge on any atom is 0.308 e. The number of hydrogen-bond acceptors (Lipinski definition) is 2. The van der Waals surface area contributed by atoms with Crippen molar-refractivity contribution in [2.24, 2.45) is 0 Å². The minimum atomic E-state index is 0.0844. The standard InChI is InChI=1S/C10H9NOS/c1-2-7-11-8-5-3-4-6-9(8)13-10(11)12/h2-6H,1,7H2. The van der Waals surface area contributed by atoms with Crippen LogP contribution in [0, 0.1) is 0 Å². The van der Waals surface area contributed by atoms with Gasteiger partial charge in [0.15, 0.2) is 0 Å². The summed E-state index contributed by atoms with van der Waals surface area (Å²) >= 11 is 1.28. The highest BCUT2D eigenvalue weighted by molar-refractivity contribution is 7.16. The zero-order valence-electron chi connectivity index (χ0n) is 7.06. The lowest BCUT2D eigenvalue weighted by molar-refractivity contribution is 0.842. The normalized spacial score (nSPS) is 10.5. The molecular weight excluding hydrogens is 182 g/mol. The van der Waals surface area contributed by atoms with Gasteiger partial charge in [-0.05, 0) is 12.1 Å². The molecule has 0 aliphatic carbocycles. The summed E-state index contributed by atoms with van der Waals surface area (Å²) in [5.41, 5.74) is 0.998. The molecule has 0 saturated carbocycles. The molecule has 0 atom stereocenters. The lowest BCUT2D eigenvalue weighted by Crippen LogP contribution is -2.10. The van der Waals surface area contributed by atoms with Gasteiger partial charge in [-0.15, -0.1) is 6.58 Å². The van der Waals surface area contributed by atoms with Gasteiger partial charge in [-0.1, -0.05) is 29.5 Å². The molecule has 1 heterocycles. The summed E-state index contributed by atoms with van der Waals surface area (Å²) in [5, 5.41) is 0.